The Kier molecular flexibility index (Phi) is 5.06. The van der Waals surface area contributed by atoms with Crippen LogP contribution in [0.15, 0.2) is 53.4 Å². The Morgan fingerprint density at radius 2 is 1.74 bits per heavy atom. The molecule has 0 N–H and O–H groups in total. The highest BCUT2D eigenvalue weighted by atomic mass is 32.2. The van der Waals surface area contributed by atoms with Crippen molar-refractivity contribution in [3.63, 3.8) is 0 Å². The number of para-hydroxylation sites is 1. The van der Waals surface area contributed by atoms with Gasteiger partial charge in [-0.1, -0.05) is 18.2 Å². The maximum absolute atomic E-state index is 12.8. The van der Waals surface area contributed by atoms with Gasteiger partial charge in [0.05, 0.1) is 10.5 Å². The van der Waals surface area contributed by atoms with Gasteiger partial charge in [0.25, 0.3) is 5.91 Å². The first-order chi connectivity index (χ1) is 12.7. The Morgan fingerprint density at radius 1 is 1.11 bits per heavy atom. The van der Waals surface area contributed by atoms with Crippen molar-refractivity contribution in [2.24, 2.45) is 0 Å². The van der Waals surface area contributed by atoms with E-state index in [0.717, 1.165) is 23.9 Å². The van der Waals surface area contributed by atoms with Gasteiger partial charge in [0.1, 0.15) is 0 Å². The first-order valence-electron chi connectivity index (χ1n) is 8.60. The van der Waals surface area contributed by atoms with E-state index in [1.165, 1.54) is 24.3 Å². The molecule has 0 fully saturated rings. The number of nitrogens with zero attached hydrogens (tertiary/aromatic N) is 1. The predicted molar refractivity (Wildman–Crippen MR) is 102 cm³/mol. The second-order valence-electron chi connectivity index (χ2n) is 6.73. The lowest BCUT2D eigenvalue weighted by atomic mass is 10.1. The molecule has 0 bridgehead atoms. The number of carbonyl (C=O) groups excluding carboxylic acids is 2. The van der Waals surface area contributed by atoms with Crippen LogP contribution < -0.4 is 4.90 Å². The van der Waals surface area contributed by atoms with Crippen LogP contribution in [-0.4, -0.2) is 38.7 Å². The molecule has 0 spiro atoms. The van der Waals surface area contributed by atoms with E-state index in [-0.39, 0.29) is 22.4 Å². The standard InChI is InChI=1S/C20H21NO5S/c1-13-12-16-6-4-5-7-18(16)21(13)19(22)14(2)26-20(23)15-8-10-17(11-9-15)27(3,24)25/h4-11,13-14H,12H2,1-3H3/t13-,14-/m0/s1. The van der Waals surface area contributed by atoms with Crippen molar-refractivity contribution in [3.8, 4) is 0 Å². The number of hydrogen-bond acceptors (Lipinski definition) is 5. The summed E-state index contributed by atoms with van der Waals surface area (Å²) < 4.78 is 28.3. The highest BCUT2D eigenvalue weighted by Gasteiger charge is 2.34. The third kappa shape index (κ3) is 3.88. The van der Waals surface area contributed by atoms with Gasteiger partial charge in [-0.3, -0.25) is 4.79 Å². The van der Waals surface area contributed by atoms with Gasteiger partial charge in [-0.25, -0.2) is 13.2 Å². The normalized spacial score (nSPS) is 17.3. The van der Waals surface area contributed by atoms with Gasteiger partial charge < -0.3 is 9.64 Å². The third-order valence-electron chi connectivity index (χ3n) is 4.59. The minimum Gasteiger partial charge on any atom is -0.449 e. The molecular weight excluding hydrogens is 366 g/mol. The first kappa shape index (κ1) is 19.1. The van der Waals surface area contributed by atoms with Gasteiger partial charge in [-0.15, -0.1) is 0 Å². The SMILES string of the molecule is C[C@H](OC(=O)c1ccc(S(C)(=O)=O)cc1)C(=O)N1c2ccccc2C[C@@H]1C. The molecule has 1 aliphatic heterocycles. The molecule has 7 heteroatoms. The van der Waals surface area contributed by atoms with Crippen molar-refractivity contribution in [2.45, 2.75) is 37.3 Å². The maximum Gasteiger partial charge on any atom is 0.338 e. The van der Waals surface area contributed by atoms with Crippen molar-refractivity contribution in [2.75, 3.05) is 11.2 Å². The Morgan fingerprint density at radius 3 is 2.37 bits per heavy atom. The minimum atomic E-state index is -3.34. The van der Waals surface area contributed by atoms with E-state index in [9.17, 15) is 18.0 Å². The number of amides is 1. The number of fused-ring (bicyclic) bond motifs is 1. The maximum atomic E-state index is 12.8. The van der Waals surface area contributed by atoms with Crippen LogP contribution >= 0.6 is 0 Å². The summed E-state index contributed by atoms with van der Waals surface area (Å²) in [6.07, 6.45) is 0.895. The lowest BCUT2D eigenvalue weighted by Gasteiger charge is -2.25. The summed E-state index contributed by atoms with van der Waals surface area (Å²) >= 11 is 0. The quantitative estimate of drug-likeness (QED) is 0.754. The average Bonchev–Trinajstić information content (AvgIpc) is 2.96. The average molecular weight is 387 g/mol. The fourth-order valence-electron chi connectivity index (χ4n) is 3.21. The number of benzene rings is 2. The fraction of sp³-hybridized carbons (Fsp3) is 0.300. The molecule has 2 atom stereocenters. The summed E-state index contributed by atoms with van der Waals surface area (Å²) in [5.41, 5.74) is 2.13. The molecule has 0 aliphatic carbocycles. The van der Waals surface area contributed by atoms with Gasteiger partial charge in [0.15, 0.2) is 15.9 Å². The van der Waals surface area contributed by atoms with E-state index in [0.29, 0.717) is 0 Å². The zero-order chi connectivity index (χ0) is 19.8. The minimum absolute atomic E-state index is 0.00917. The molecule has 2 aromatic carbocycles. The summed E-state index contributed by atoms with van der Waals surface area (Å²) in [4.78, 5) is 26.9. The molecular formula is C20H21NO5S. The third-order valence-corrected chi connectivity index (χ3v) is 5.72. The van der Waals surface area contributed by atoms with Crippen LogP contribution in [-0.2, 0) is 25.8 Å². The molecule has 142 valence electrons. The largest absolute Gasteiger partial charge is 0.449 e. The Bertz CT molecular complexity index is 982. The van der Waals surface area contributed by atoms with E-state index in [1.54, 1.807) is 11.8 Å². The Hall–Kier alpha value is -2.67. The van der Waals surface area contributed by atoms with Crippen molar-refractivity contribution < 1.29 is 22.7 Å². The fourth-order valence-corrected chi connectivity index (χ4v) is 3.84. The second-order valence-corrected chi connectivity index (χ2v) is 8.75. The molecule has 6 nitrogen and oxygen atoms in total. The smallest absolute Gasteiger partial charge is 0.338 e. The lowest BCUT2D eigenvalue weighted by Crippen LogP contribution is -2.43. The molecule has 0 saturated carbocycles. The van der Waals surface area contributed by atoms with Crippen LogP contribution in [0.1, 0.15) is 29.8 Å². The van der Waals surface area contributed by atoms with Gasteiger partial charge in [0.2, 0.25) is 0 Å². The van der Waals surface area contributed by atoms with Crippen LogP contribution in [0.4, 0.5) is 5.69 Å². The van der Waals surface area contributed by atoms with Crippen molar-refractivity contribution in [1.82, 2.24) is 0 Å². The molecule has 27 heavy (non-hydrogen) atoms. The van der Waals surface area contributed by atoms with Crippen LogP contribution in [0.2, 0.25) is 0 Å². The lowest BCUT2D eigenvalue weighted by molar-refractivity contribution is -0.126. The van der Waals surface area contributed by atoms with Crippen molar-refractivity contribution in [3.05, 3.63) is 59.7 Å². The van der Waals surface area contributed by atoms with E-state index >= 15 is 0 Å². The molecule has 3 rings (SSSR count). The summed E-state index contributed by atoms with van der Waals surface area (Å²) in [7, 11) is -3.34. The summed E-state index contributed by atoms with van der Waals surface area (Å²) in [6.45, 7) is 3.50. The van der Waals surface area contributed by atoms with E-state index < -0.39 is 21.9 Å². The van der Waals surface area contributed by atoms with E-state index in [1.807, 2.05) is 31.2 Å². The number of hydrogen-bond donors (Lipinski definition) is 0. The van der Waals surface area contributed by atoms with E-state index in [2.05, 4.69) is 0 Å². The van der Waals surface area contributed by atoms with Crippen LogP contribution in [0.3, 0.4) is 0 Å². The first-order valence-corrected chi connectivity index (χ1v) is 10.5. The monoisotopic (exact) mass is 387 g/mol. The van der Waals surface area contributed by atoms with Gasteiger partial charge in [-0.2, -0.15) is 0 Å². The molecule has 1 amide bonds. The zero-order valence-electron chi connectivity index (χ0n) is 15.4. The second kappa shape index (κ2) is 7.15. The number of carbonyl (C=O) groups is 2. The predicted octanol–water partition coefficient (Wildman–Crippen LogP) is 2.61. The van der Waals surface area contributed by atoms with Gasteiger partial charge >= 0.3 is 5.97 Å². The van der Waals surface area contributed by atoms with Crippen LogP contribution in [0, 0.1) is 0 Å². The topological polar surface area (TPSA) is 80.8 Å². The highest BCUT2D eigenvalue weighted by Crippen LogP contribution is 2.32. The number of esters is 1. The van der Waals surface area contributed by atoms with Gasteiger partial charge in [-0.05, 0) is 56.2 Å². The Labute approximate surface area is 158 Å². The number of ether oxygens (including phenoxy) is 1. The van der Waals surface area contributed by atoms with Crippen molar-refractivity contribution in [1.29, 1.82) is 0 Å². The summed E-state index contributed by atoms with van der Waals surface area (Å²) in [5, 5.41) is 0. The molecule has 2 aromatic rings. The molecule has 0 unspecified atom stereocenters. The summed E-state index contributed by atoms with van der Waals surface area (Å²) in [6, 6.07) is 13.1. The highest BCUT2D eigenvalue weighted by molar-refractivity contribution is 7.90. The summed E-state index contributed by atoms with van der Waals surface area (Å²) in [5.74, 6) is -0.954. The molecule has 1 aliphatic rings. The van der Waals surface area contributed by atoms with Crippen LogP contribution in [0.25, 0.3) is 0 Å². The molecule has 0 saturated heterocycles. The molecule has 1 heterocycles. The number of anilines is 1. The number of rotatable bonds is 4. The zero-order valence-corrected chi connectivity index (χ0v) is 16.2. The Balaban J connectivity index is 1.72. The van der Waals surface area contributed by atoms with Gasteiger partial charge in [0, 0.05) is 18.0 Å². The van der Waals surface area contributed by atoms with Crippen molar-refractivity contribution >= 4 is 27.4 Å². The molecule has 0 radical (unpaired) electrons. The van der Waals surface area contributed by atoms with Crippen LogP contribution in [0.5, 0.6) is 0 Å². The molecule has 0 aromatic heterocycles. The number of sulfone groups is 1. The van der Waals surface area contributed by atoms with E-state index in [4.69, 9.17) is 4.74 Å².